The molecule has 0 aliphatic carbocycles. The van der Waals surface area contributed by atoms with E-state index in [0.29, 0.717) is 0 Å². The van der Waals surface area contributed by atoms with Crippen LogP contribution in [-0.4, -0.2) is 31.9 Å². The van der Waals surface area contributed by atoms with Gasteiger partial charge in [0.15, 0.2) is 0 Å². The molecule has 0 aromatic carbocycles. The predicted molar refractivity (Wildman–Crippen MR) is 45.8 cm³/mol. The molecule has 2 nitrogen and oxygen atoms in total. The Kier molecular flexibility index (Phi) is 1.26. The zero-order valence-electron chi connectivity index (χ0n) is 5.33. The van der Waals surface area contributed by atoms with Crippen molar-refractivity contribution >= 4 is 31.9 Å². The van der Waals surface area contributed by atoms with Crippen molar-refractivity contribution in [1.82, 2.24) is 5.14 Å². The minimum atomic E-state index is 1.04. The Morgan fingerprint density at radius 1 is 1.40 bits per heavy atom. The molecule has 0 radical (unpaired) electrons. The zero-order valence-corrected chi connectivity index (χ0v) is 5.33. The quantitative estimate of drug-likeness (QED) is 0.410. The van der Waals surface area contributed by atoms with Gasteiger partial charge in [-0.15, -0.1) is 0 Å². The monoisotopic (exact) mass is 126 g/mol. The third kappa shape index (κ3) is 0.829. The molecule has 2 aliphatic heterocycles. The molecule has 1 N–H and O–H groups in total. The number of rotatable bonds is 0. The van der Waals surface area contributed by atoms with Crippen LogP contribution in [0.5, 0.6) is 0 Å². The molecule has 0 saturated heterocycles. The van der Waals surface area contributed by atoms with E-state index in [1.54, 1.807) is 6.20 Å². The van der Waals surface area contributed by atoms with Crippen LogP contribution in [0.2, 0.25) is 0 Å². The SMILES string of the molecule is B1=CC2=C=NC=C2C=BN1. The van der Waals surface area contributed by atoms with Crippen LogP contribution >= 0.6 is 0 Å². The number of aliphatic imine (C=N–C) groups is 1. The Morgan fingerprint density at radius 2 is 2.30 bits per heavy atom. The van der Waals surface area contributed by atoms with Crippen molar-refractivity contribution in [2.24, 2.45) is 4.99 Å². The predicted octanol–water partition coefficient (Wildman–Crippen LogP) is -1.07. The van der Waals surface area contributed by atoms with E-state index in [0.717, 1.165) is 11.1 Å². The fourth-order valence-corrected chi connectivity index (χ4v) is 0.897. The molecular weight excluding hydrogens is 122 g/mol. The number of nitrogens with one attached hydrogen (secondary N) is 1. The molecule has 0 atom stereocenters. The fourth-order valence-electron chi connectivity index (χ4n) is 0.897. The Morgan fingerprint density at radius 3 is 3.30 bits per heavy atom. The molecule has 0 fully saturated rings. The minimum absolute atomic E-state index is 1.04. The van der Waals surface area contributed by atoms with Crippen LogP contribution in [0.25, 0.3) is 0 Å². The molecule has 0 aromatic heterocycles. The molecule has 0 saturated carbocycles. The van der Waals surface area contributed by atoms with Gasteiger partial charge in [0.05, 0.1) is 0 Å². The number of fused-ring (bicyclic) bond motifs is 1. The first-order chi connectivity index (χ1) is 4.97. The molecule has 2 aliphatic rings. The number of hydrogen-bond acceptors (Lipinski definition) is 2. The summed E-state index contributed by atoms with van der Waals surface area (Å²) in [5.41, 5.74) is 2.16. The first kappa shape index (κ1) is 5.63. The molecule has 0 spiro atoms. The van der Waals surface area contributed by atoms with Crippen molar-refractivity contribution < 1.29 is 0 Å². The van der Waals surface area contributed by atoms with Crippen LogP contribution in [-0.2, 0) is 0 Å². The van der Waals surface area contributed by atoms with Crippen molar-refractivity contribution in [1.29, 1.82) is 0 Å². The van der Waals surface area contributed by atoms with Crippen LogP contribution in [0.3, 0.4) is 0 Å². The molecular formula is C6H4B2N2. The van der Waals surface area contributed by atoms with Crippen molar-refractivity contribution in [2.75, 3.05) is 0 Å². The Bertz CT molecular complexity index is 306. The third-order valence-corrected chi connectivity index (χ3v) is 1.40. The summed E-state index contributed by atoms with van der Waals surface area (Å²) in [5, 5.41) is 2.97. The summed E-state index contributed by atoms with van der Waals surface area (Å²) in [7, 11) is 3.73. The summed E-state index contributed by atoms with van der Waals surface area (Å²) in [6.07, 6.45) is 1.79. The van der Waals surface area contributed by atoms with Crippen LogP contribution in [0.15, 0.2) is 22.3 Å². The van der Waals surface area contributed by atoms with Gasteiger partial charge in [-0.1, -0.05) is 0 Å². The topological polar surface area (TPSA) is 24.4 Å². The van der Waals surface area contributed by atoms with E-state index in [4.69, 9.17) is 0 Å². The summed E-state index contributed by atoms with van der Waals surface area (Å²) in [5.74, 6) is 6.79. The second-order valence-electron chi connectivity index (χ2n) is 2.07. The summed E-state index contributed by atoms with van der Waals surface area (Å²) in [6.45, 7) is 0. The van der Waals surface area contributed by atoms with E-state index in [1.807, 2.05) is 26.0 Å². The normalized spacial score (nSPS) is 17.6. The van der Waals surface area contributed by atoms with E-state index < -0.39 is 0 Å². The summed E-state index contributed by atoms with van der Waals surface area (Å²) < 4.78 is 0. The van der Waals surface area contributed by atoms with Gasteiger partial charge in [0.1, 0.15) is 0 Å². The molecule has 0 unspecified atom stereocenters. The zero-order chi connectivity index (χ0) is 6.81. The van der Waals surface area contributed by atoms with Crippen LogP contribution in [0, 0.1) is 0 Å². The van der Waals surface area contributed by atoms with Gasteiger partial charge in [-0.2, -0.15) is 0 Å². The first-order valence-corrected chi connectivity index (χ1v) is 3.09. The number of hydrogen-bond donors (Lipinski definition) is 1. The van der Waals surface area contributed by atoms with Crippen LogP contribution in [0.4, 0.5) is 0 Å². The summed E-state index contributed by atoms with van der Waals surface area (Å²) in [6, 6.07) is 0. The van der Waals surface area contributed by atoms with Gasteiger partial charge < -0.3 is 0 Å². The van der Waals surface area contributed by atoms with Crippen molar-refractivity contribution in [3.05, 3.63) is 17.3 Å². The van der Waals surface area contributed by atoms with Gasteiger partial charge >= 0.3 is 59.4 Å². The second kappa shape index (κ2) is 2.24. The third-order valence-electron chi connectivity index (χ3n) is 1.40. The maximum atomic E-state index is 3.89. The van der Waals surface area contributed by atoms with Gasteiger partial charge in [-0.05, 0) is 0 Å². The van der Waals surface area contributed by atoms with E-state index in [9.17, 15) is 0 Å². The Labute approximate surface area is 60.2 Å². The maximum absolute atomic E-state index is 3.89. The summed E-state index contributed by atoms with van der Waals surface area (Å²) >= 11 is 0. The van der Waals surface area contributed by atoms with Gasteiger partial charge in [-0.25, -0.2) is 0 Å². The van der Waals surface area contributed by atoms with E-state index in [2.05, 4.69) is 16.0 Å². The van der Waals surface area contributed by atoms with Gasteiger partial charge in [0.25, 0.3) is 0 Å². The van der Waals surface area contributed by atoms with Gasteiger partial charge in [0, 0.05) is 0 Å². The van der Waals surface area contributed by atoms with E-state index in [1.165, 1.54) is 0 Å². The molecule has 44 valence electrons. The Hall–Kier alpha value is -1.14. The number of allylic oxidation sites excluding steroid dienone is 2. The molecule has 0 amide bonds. The first-order valence-electron chi connectivity index (χ1n) is 3.09. The van der Waals surface area contributed by atoms with E-state index >= 15 is 0 Å². The molecule has 4 heteroatoms. The average molecular weight is 126 g/mol. The second-order valence-corrected chi connectivity index (χ2v) is 2.07. The van der Waals surface area contributed by atoms with Crippen molar-refractivity contribution in [3.8, 4) is 0 Å². The molecule has 0 aromatic rings. The van der Waals surface area contributed by atoms with Crippen LogP contribution in [0.1, 0.15) is 0 Å². The Balaban J connectivity index is 2.50. The fraction of sp³-hybridized carbons (Fsp3) is 0. The van der Waals surface area contributed by atoms with Gasteiger partial charge in [0.2, 0.25) is 0 Å². The molecule has 2 rings (SSSR count). The van der Waals surface area contributed by atoms with Crippen LogP contribution < -0.4 is 5.14 Å². The van der Waals surface area contributed by atoms with E-state index in [-0.39, 0.29) is 0 Å². The molecule has 2 heterocycles. The van der Waals surface area contributed by atoms with Crippen molar-refractivity contribution in [3.63, 3.8) is 0 Å². The van der Waals surface area contributed by atoms with Crippen molar-refractivity contribution in [2.45, 2.75) is 0 Å². The molecule has 10 heavy (non-hydrogen) atoms. The average Bonchev–Trinajstić information content (AvgIpc) is 2.28. The number of nitrogens with zero attached hydrogens (tertiary/aromatic N) is 1. The standard InChI is InChI=1S/C6H4B2N2/c1-5-3-9-4-6(5)2-8-10-7-1/h1-3,10H. The summed E-state index contributed by atoms with van der Waals surface area (Å²) in [4.78, 5) is 3.89. The van der Waals surface area contributed by atoms with Gasteiger partial charge in [-0.3, -0.25) is 0 Å². The molecule has 0 bridgehead atoms.